The maximum atomic E-state index is 14.2. The smallest absolute Gasteiger partial charge is 0.319 e. The Kier molecular flexibility index (Phi) is 7.04. The first-order valence-corrected chi connectivity index (χ1v) is 9.75. The molecule has 3 amide bonds. The number of hydrogen-bond donors (Lipinski definition) is 3. The molecular weight excluding hydrogens is 399 g/mol. The minimum atomic E-state index is -0.616. The summed E-state index contributed by atoms with van der Waals surface area (Å²) in [5, 5.41) is 8.14. The predicted molar refractivity (Wildman–Crippen MR) is 118 cm³/mol. The second-order valence-electron chi connectivity index (χ2n) is 7.36. The quantitative estimate of drug-likeness (QED) is 0.525. The van der Waals surface area contributed by atoms with Gasteiger partial charge in [0.2, 0.25) is 0 Å². The third-order valence-corrected chi connectivity index (χ3v) is 4.63. The number of hydrogen-bond acceptors (Lipinski definition) is 4. The van der Waals surface area contributed by atoms with Crippen molar-refractivity contribution in [3.8, 4) is 0 Å². The molecule has 0 spiro atoms. The molecule has 0 aliphatic heterocycles. The molecule has 0 saturated heterocycles. The second kappa shape index (κ2) is 9.90. The van der Waals surface area contributed by atoms with Gasteiger partial charge in [0.15, 0.2) is 0 Å². The van der Waals surface area contributed by atoms with Crippen molar-refractivity contribution in [2.24, 2.45) is 0 Å². The molecule has 1 atom stereocenters. The van der Waals surface area contributed by atoms with Crippen molar-refractivity contribution in [3.05, 3.63) is 83.6 Å². The van der Waals surface area contributed by atoms with E-state index in [2.05, 4.69) is 16.0 Å². The number of carbonyl (C=O) groups excluding carboxylic acids is 2. The van der Waals surface area contributed by atoms with Crippen LogP contribution in [0.5, 0.6) is 0 Å². The summed E-state index contributed by atoms with van der Waals surface area (Å²) < 4.78 is 19.3. The van der Waals surface area contributed by atoms with Crippen molar-refractivity contribution in [3.63, 3.8) is 0 Å². The monoisotopic (exact) mass is 424 g/mol. The number of furan rings is 1. The number of aryl methyl sites for hydroxylation is 1. The fourth-order valence-electron chi connectivity index (χ4n) is 3.12. The topological polar surface area (TPSA) is 86.6 Å². The lowest BCUT2D eigenvalue weighted by atomic mass is 10.1. The van der Waals surface area contributed by atoms with Crippen LogP contribution < -0.4 is 16.0 Å². The van der Waals surface area contributed by atoms with Gasteiger partial charge < -0.3 is 25.3 Å². The number of likely N-dealkylation sites (N-methyl/N-ethyl adjacent to an activating group) is 1. The van der Waals surface area contributed by atoms with Gasteiger partial charge in [-0.15, -0.1) is 0 Å². The van der Waals surface area contributed by atoms with Crippen molar-refractivity contribution in [2.45, 2.75) is 13.0 Å². The molecular formula is C23H25FN4O3. The van der Waals surface area contributed by atoms with E-state index in [4.69, 9.17) is 4.42 Å². The van der Waals surface area contributed by atoms with Crippen LogP contribution in [0.15, 0.2) is 65.3 Å². The zero-order valence-corrected chi connectivity index (χ0v) is 17.6. The molecule has 3 aromatic rings. The Bertz CT molecular complexity index is 1050. The van der Waals surface area contributed by atoms with Crippen LogP contribution in [0.3, 0.4) is 0 Å². The molecule has 31 heavy (non-hydrogen) atoms. The molecule has 1 unspecified atom stereocenters. The Morgan fingerprint density at radius 3 is 2.45 bits per heavy atom. The Morgan fingerprint density at radius 2 is 1.81 bits per heavy atom. The molecule has 1 aromatic heterocycles. The highest BCUT2D eigenvalue weighted by Gasteiger charge is 2.17. The molecule has 1 heterocycles. The number of nitrogens with zero attached hydrogens (tertiary/aromatic N) is 1. The summed E-state index contributed by atoms with van der Waals surface area (Å²) in [5.74, 6) is -0.684. The van der Waals surface area contributed by atoms with Crippen molar-refractivity contribution in [1.29, 1.82) is 0 Å². The van der Waals surface area contributed by atoms with E-state index in [1.54, 1.807) is 6.92 Å². The highest BCUT2D eigenvalue weighted by molar-refractivity contribution is 6.05. The Labute approximate surface area is 180 Å². The van der Waals surface area contributed by atoms with Gasteiger partial charge in [-0.25, -0.2) is 9.18 Å². The standard InChI is InChI=1S/C23H25FN4O3/c1-15-18(11-12-31-15)22(29)26-20-13-17(9-10-19(20)24)25-23(30)27-21(14-28(2)3)16-7-5-4-6-8-16/h4-13,21H,14H2,1-3H3,(H,26,29)(H2,25,27,30). The van der Waals surface area contributed by atoms with E-state index in [1.165, 1.54) is 30.5 Å². The molecule has 2 aromatic carbocycles. The average Bonchev–Trinajstić information content (AvgIpc) is 3.16. The summed E-state index contributed by atoms with van der Waals surface area (Å²) in [5.41, 5.74) is 1.57. The maximum absolute atomic E-state index is 14.2. The largest absolute Gasteiger partial charge is 0.469 e. The molecule has 0 bridgehead atoms. The lowest BCUT2D eigenvalue weighted by molar-refractivity contribution is 0.102. The molecule has 0 radical (unpaired) electrons. The first-order chi connectivity index (χ1) is 14.8. The maximum Gasteiger partial charge on any atom is 0.319 e. The van der Waals surface area contributed by atoms with Crippen LogP contribution in [0, 0.1) is 12.7 Å². The van der Waals surface area contributed by atoms with E-state index in [0.717, 1.165) is 5.56 Å². The van der Waals surface area contributed by atoms with Crippen LogP contribution in [-0.2, 0) is 0 Å². The zero-order chi connectivity index (χ0) is 22.4. The Hall–Kier alpha value is -3.65. The second-order valence-corrected chi connectivity index (χ2v) is 7.36. The van der Waals surface area contributed by atoms with E-state index >= 15 is 0 Å². The van der Waals surface area contributed by atoms with E-state index in [0.29, 0.717) is 23.6 Å². The third kappa shape index (κ3) is 5.93. The highest BCUT2D eigenvalue weighted by Crippen LogP contribution is 2.22. The van der Waals surface area contributed by atoms with Crippen LogP contribution in [0.4, 0.5) is 20.6 Å². The average molecular weight is 424 g/mol. The van der Waals surface area contributed by atoms with E-state index in [1.807, 2.05) is 49.3 Å². The van der Waals surface area contributed by atoms with Crippen molar-refractivity contribution < 1.29 is 18.4 Å². The van der Waals surface area contributed by atoms with Crippen molar-refractivity contribution >= 4 is 23.3 Å². The Morgan fingerprint density at radius 1 is 1.06 bits per heavy atom. The summed E-state index contributed by atoms with van der Waals surface area (Å²) in [7, 11) is 3.85. The normalized spacial score (nSPS) is 11.8. The molecule has 7 nitrogen and oxygen atoms in total. The molecule has 0 saturated carbocycles. The molecule has 162 valence electrons. The number of rotatable bonds is 7. The van der Waals surface area contributed by atoms with Gasteiger partial charge in [0.05, 0.1) is 23.6 Å². The van der Waals surface area contributed by atoms with Crippen LogP contribution in [0.1, 0.15) is 27.7 Å². The van der Waals surface area contributed by atoms with Gasteiger partial charge in [-0.05, 0) is 50.8 Å². The fraction of sp³-hybridized carbons (Fsp3) is 0.217. The Balaban J connectivity index is 1.70. The number of nitrogens with one attached hydrogen (secondary N) is 3. The molecule has 3 rings (SSSR count). The SMILES string of the molecule is Cc1occc1C(=O)Nc1cc(NC(=O)NC(CN(C)C)c2ccccc2)ccc1F. The summed E-state index contributed by atoms with van der Waals surface area (Å²) in [6.07, 6.45) is 1.39. The summed E-state index contributed by atoms with van der Waals surface area (Å²) in [4.78, 5) is 26.9. The number of benzene rings is 2. The summed E-state index contributed by atoms with van der Waals surface area (Å²) in [6.45, 7) is 2.25. The van der Waals surface area contributed by atoms with E-state index in [-0.39, 0.29) is 11.7 Å². The minimum Gasteiger partial charge on any atom is -0.469 e. The van der Waals surface area contributed by atoms with Crippen LogP contribution >= 0.6 is 0 Å². The van der Waals surface area contributed by atoms with Gasteiger partial charge in [0.25, 0.3) is 5.91 Å². The predicted octanol–water partition coefficient (Wildman–Crippen LogP) is 4.40. The summed E-state index contributed by atoms with van der Waals surface area (Å²) in [6, 6.07) is 14.4. The third-order valence-electron chi connectivity index (χ3n) is 4.63. The zero-order valence-electron chi connectivity index (χ0n) is 17.6. The first-order valence-electron chi connectivity index (χ1n) is 9.75. The first kappa shape index (κ1) is 22.0. The van der Waals surface area contributed by atoms with Crippen molar-refractivity contribution in [1.82, 2.24) is 10.2 Å². The van der Waals surface area contributed by atoms with Gasteiger partial charge in [-0.3, -0.25) is 4.79 Å². The van der Waals surface area contributed by atoms with Crippen LogP contribution in [0.25, 0.3) is 0 Å². The molecule has 3 N–H and O–H groups in total. The number of halogens is 1. The van der Waals surface area contributed by atoms with Crippen molar-refractivity contribution in [2.75, 3.05) is 31.3 Å². The molecule has 0 fully saturated rings. The number of anilines is 2. The number of carbonyl (C=O) groups is 2. The molecule has 0 aliphatic carbocycles. The van der Waals surface area contributed by atoms with Crippen LogP contribution in [-0.4, -0.2) is 37.5 Å². The minimum absolute atomic E-state index is 0.0451. The highest BCUT2D eigenvalue weighted by atomic mass is 19.1. The van der Waals surface area contributed by atoms with Crippen LogP contribution in [0.2, 0.25) is 0 Å². The van der Waals surface area contributed by atoms with E-state index in [9.17, 15) is 14.0 Å². The fourth-order valence-corrected chi connectivity index (χ4v) is 3.12. The number of amides is 3. The number of urea groups is 1. The lowest BCUT2D eigenvalue weighted by Crippen LogP contribution is -2.37. The van der Waals surface area contributed by atoms with Gasteiger partial charge in [0, 0.05) is 12.2 Å². The van der Waals surface area contributed by atoms with E-state index < -0.39 is 17.8 Å². The van der Waals surface area contributed by atoms with Gasteiger partial charge in [0.1, 0.15) is 11.6 Å². The van der Waals surface area contributed by atoms with Gasteiger partial charge >= 0.3 is 6.03 Å². The lowest BCUT2D eigenvalue weighted by Gasteiger charge is -2.23. The molecule has 0 aliphatic rings. The summed E-state index contributed by atoms with van der Waals surface area (Å²) >= 11 is 0. The van der Waals surface area contributed by atoms with Gasteiger partial charge in [-0.2, -0.15) is 0 Å². The van der Waals surface area contributed by atoms with Gasteiger partial charge in [-0.1, -0.05) is 30.3 Å². The molecule has 8 heteroatoms.